The lowest BCUT2D eigenvalue weighted by Gasteiger charge is -2.27. The van der Waals surface area contributed by atoms with Gasteiger partial charge in [0.05, 0.1) is 24.5 Å². The van der Waals surface area contributed by atoms with Crippen LogP contribution in [-0.2, 0) is 9.53 Å². The smallest absolute Gasteiger partial charge is 0.256 e. The Bertz CT molecular complexity index is 942. The summed E-state index contributed by atoms with van der Waals surface area (Å²) in [7, 11) is 0. The third kappa shape index (κ3) is 5.87. The first-order chi connectivity index (χ1) is 14.0. The minimum atomic E-state index is -0.403. The molecule has 0 bridgehead atoms. The number of nitrogens with zero attached hydrogens (tertiary/aromatic N) is 1. The van der Waals surface area contributed by atoms with E-state index in [9.17, 15) is 9.59 Å². The van der Waals surface area contributed by atoms with Gasteiger partial charge in [0.1, 0.15) is 0 Å². The van der Waals surface area contributed by atoms with Crippen molar-refractivity contribution >= 4 is 52.5 Å². The van der Waals surface area contributed by atoms with E-state index < -0.39 is 5.91 Å². The summed E-state index contributed by atoms with van der Waals surface area (Å²) in [6.07, 6.45) is 2.95. The number of halogens is 1. The SMILES string of the molecule is O=C(/C=C/c1ccccc1Cl)NC(=S)Nc1ccccc1C(=O)N1CCOCC1. The molecule has 0 unspecified atom stereocenters. The van der Waals surface area contributed by atoms with Gasteiger partial charge in [0, 0.05) is 24.2 Å². The molecule has 3 rings (SSSR count). The minimum absolute atomic E-state index is 0.0982. The van der Waals surface area contributed by atoms with Crippen molar-refractivity contribution in [3.05, 3.63) is 70.8 Å². The van der Waals surface area contributed by atoms with Crippen LogP contribution in [0.3, 0.4) is 0 Å². The predicted octanol–water partition coefficient (Wildman–Crippen LogP) is 3.34. The van der Waals surface area contributed by atoms with E-state index in [1.807, 2.05) is 12.1 Å². The van der Waals surface area contributed by atoms with Gasteiger partial charge in [0.2, 0.25) is 5.91 Å². The Morgan fingerprint density at radius 2 is 1.76 bits per heavy atom. The molecule has 1 saturated heterocycles. The molecule has 0 radical (unpaired) electrons. The number of nitrogens with one attached hydrogen (secondary N) is 2. The van der Waals surface area contributed by atoms with Gasteiger partial charge in [0.15, 0.2) is 5.11 Å². The molecule has 6 nitrogen and oxygen atoms in total. The average molecular weight is 430 g/mol. The zero-order chi connectivity index (χ0) is 20.6. The molecule has 0 atom stereocenters. The molecule has 0 spiro atoms. The normalized spacial score (nSPS) is 13.9. The number of amides is 2. The highest BCUT2D eigenvalue weighted by molar-refractivity contribution is 7.80. The van der Waals surface area contributed by atoms with Gasteiger partial charge < -0.3 is 15.0 Å². The second-order valence-electron chi connectivity index (χ2n) is 6.25. The van der Waals surface area contributed by atoms with Crippen molar-refractivity contribution in [2.24, 2.45) is 0 Å². The number of carbonyl (C=O) groups is 2. The maximum Gasteiger partial charge on any atom is 0.256 e. The number of para-hydroxylation sites is 1. The zero-order valence-electron chi connectivity index (χ0n) is 15.6. The van der Waals surface area contributed by atoms with Gasteiger partial charge >= 0.3 is 0 Å². The van der Waals surface area contributed by atoms with Crippen molar-refractivity contribution in [1.29, 1.82) is 0 Å². The molecule has 1 heterocycles. The Morgan fingerprint density at radius 1 is 1.07 bits per heavy atom. The summed E-state index contributed by atoms with van der Waals surface area (Å²) in [4.78, 5) is 26.7. The van der Waals surface area contributed by atoms with Crippen LogP contribution in [0.15, 0.2) is 54.6 Å². The maximum atomic E-state index is 12.8. The fraction of sp³-hybridized carbons (Fsp3) is 0.190. The summed E-state index contributed by atoms with van der Waals surface area (Å²) in [6.45, 7) is 2.13. The second kappa shape index (κ2) is 10.2. The lowest BCUT2D eigenvalue weighted by atomic mass is 10.1. The molecular formula is C21H20ClN3O3S. The number of anilines is 1. The number of carbonyl (C=O) groups excluding carboxylic acids is 2. The average Bonchev–Trinajstić information content (AvgIpc) is 2.73. The van der Waals surface area contributed by atoms with Crippen LogP contribution < -0.4 is 10.6 Å². The first-order valence-electron chi connectivity index (χ1n) is 9.05. The monoisotopic (exact) mass is 429 g/mol. The Labute approximate surface area is 179 Å². The van der Waals surface area contributed by atoms with E-state index in [0.29, 0.717) is 42.6 Å². The van der Waals surface area contributed by atoms with Crippen LogP contribution in [0, 0.1) is 0 Å². The highest BCUT2D eigenvalue weighted by atomic mass is 35.5. The Morgan fingerprint density at radius 3 is 2.52 bits per heavy atom. The van der Waals surface area contributed by atoms with Gasteiger partial charge in [-0.15, -0.1) is 0 Å². The number of hydrogen-bond acceptors (Lipinski definition) is 4. The number of rotatable bonds is 4. The van der Waals surface area contributed by atoms with E-state index in [4.69, 9.17) is 28.6 Å². The number of thiocarbonyl (C=S) groups is 1. The van der Waals surface area contributed by atoms with Crippen LogP contribution in [0.25, 0.3) is 6.08 Å². The molecule has 150 valence electrons. The summed E-state index contributed by atoms with van der Waals surface area (Å²) in [5.74, 6) is -0.511. The lowest BCUT2D eigenvalue weighted by molar-refractivity contribution is -0.115. The molecule has 8 heteroatoms. The Balaban J connectivity index is 1.62. The molecule has 2 N–H and O–H groups in total. The maximum absolute atomic E-state index is 12.8. The predicted molar refractivity (Wildman–Crippen MR) is 118 cm³/mol. The van der Waals surface area contributed by atoms with Crippen LogP contribution in [0.1, 0.15) is 15.9 Å². The molecule has 0 aromatic heterocycles. The van der Waals surface area contributed by atoms with Crippen LogP contribution in [0.2, 0.25) is 5.02 Å². The highest BCUT2D eigenvalue weighted by Gasteiger charge is 2.21. The summed E-state index contributed by atoms with van der Waals surface area (Å²) < 4.78 is 5.29. The molecule has 2 amide bonds. The Kier molecular flexibility index (Phi) is 7.35. The zero-order valence-corrected chi connectivity index (χ0v) is 17.1. The lowest BCUT2D eigenvalue weighted by Crippen LogP contribution is -2.41. The molecular weight excluding hydrogens is 410 g/mol. The number of morpholine rings is 1. The van der Waals surface area contributed by atoms with Gasteiger partial charge in [-0.2, -0.15) is 0 Å². The van der Waals surface area contributed by atoms with Gasteiger partial charge in [-0.25, -0.2) is 0 Å². The van der Waals surface area contributed by atoms with Gasteiger partial charge in [0.25, 0.3) is 5.91 Å². The summed E-state index contributed by atoms with van der Waals surface area (Å²) >= 11 is 11.3. The van der Waals surface area contributed by atoms with Crippen LogP contribution in [-0.4, -0.2) is 48.1 Å². The summed E-state index contributed by atoms with van der Waals surface area (Å²) in [5, 5.41) is 6.15. The first kappa shape index (κ1) is 21.0. The topological polar surface area (TPSA) is 70.7 Å². The van der Waals surface area contributed by atoms with Crippen molar-refractivity contribution in [1.82, 2.24) is 10.2 Å². The van der Waals surface area contributed by atoms with Crippen molar-refractivity contribution in [3.63, 3.8) is 0 Å². The fourth-order valence-electron chi connectivity index (χ4n) is 2.80. The minimum Gasteiger partial charge on any atom is -0.378 e. The molecule has 2 aromatic rings. The Hall–Kier alpha value is -2.74. The fourth-order valence-corrected chi connectivity index (χ4v) is 3.21. The summed E-state index contributed by atoms with van der Waals surface area (Å²) in [5.41, 5.74) is 1.74. The van der Waals surface area contributed by atoms with Crippen molar-refractivity contribution < 1.29 is 14.3 Å². The van der Waals surface area contributed by atoms with Crippen LogP contribution in [0.5, 0.6) is 0 Å². The first-order valence-corrected chi connectivity index (χ1v) is 9.84. The molecule has 1 fully saturated rings. The standard InChI is InChI=1S/C21H20ClN3O3S/c22-17-7-3-1-5-15(17)9-10-19(26)24-21(29)23-18-8-4-2-6-16(18)20(27)25-11-13-28-14-12-25/h1-10H,11-14H2,(H2,23,24,26,29)/b10-9+. The van der Waals surface area contributed by atoms with Crippen molar-refractivity contribution in [2.45, 2.75) is 0 Å². The van der Waals surface area contributed by atoms with Crippen LogP contribution >= 0.6 is 23.8 Å². The van der Waals surface area contributed by atoms with E-state index in [1.165, 1.54) is 6.08 Å². The third-order valence-electron chi connectivity index (χ3n) is 4.26. The quantitative estimate of drug-likeness (QED) is 0.576. The molecule has 1 aliphatic heterocycles. The second-order valence-corrected chi connectivity index (χ2v) is 7.06. The van der Waals surface area contributed by atoms with E-state index in [0.717, 1.165) is 5.56 Å². The van der Waals surface area contributed by atoms with Crippen molar-refractivity contribution in [2.75, 3.05) is 31.6 Å². The van der Waals surface area contributed by atoms with Gasteiger partial charge in [-0.05, 0) is 42.1 Å². The molecule has 2 aromatic carbocycles. The summed E-state index contributed by atoms with van der Waals surface area (Å²) in [6, 6.07) is 14.2. The largest absolute Gasteiger partial charge is 0.378 e. The highest BCUT2D eigenvalue weighted by Crippen LogP contribution is 2.18. The molecule has 0 aliphatic carbocycles. The van der Waals surface area contributed by atoms with Gasteiger partial charge in [-0.1, -0.05) is 41.9 Å². The van der Waals surface area contributed by atoms with E-state index in [2.05, 4.69) is 10.6 Å². The van der Waals surface area contributed by atoms with E-state index in [1.54, 1.807) is 47.4 Å². The molecule has 1 aliphatic rings. The van der Waals surface area contributed by atoms with E-state index >= 15 is 0 Å². The number of hydrogen-bond donors (Lipinski definition) is 2. The number of ether oxygens (including phenoxy) is 1. The molecule has 29 heavy (non-hydrogen) atoms. The van der Waals surface area contributed by atoms with Crippen LogP contribution in [0.4, 0.5) is 5.69 Å². The number of benzene rings is 2. The van der Waals surface area contributed by atoms with E-state index in [-0.39, 0.29) is 11.0 Å². The van der Waals surface area contributed by atoms with Crippen molar-refractivity contribution in [3.8, 4) is 0 Å². The third-order valence-corrected chi connectivity index (χ3v) is 4.81. The van der Waals surface area contributed by atoms with Gasteiger partial charge in [-0.3, -0.25) is 14.9 Å². The molecule has 0 saturated carbocycles.